The summed E-state index contributed by atoms with van der Waals surface area (Å²) in [5.41, 5.74) is 5.09. The fourth-order valence-corrected chi connectivity index (χ4v) is 2.96. The second-order valence-electron chi connectivity index (χ2n) is 6.36. The first-order valence-corrected chi connectivity index (χ1v) is 8.34. The van der Waals surface area contributed by atoms with Gasteiger partial charge < -0.3 is 5.32 Å². The third kappa shape index (κ3) is 4.14. The highest BCUT2D eigenvalue weighted by atomic mass is 19.1. The average molecular weight is 351 g/mol. The van der Waals surface area contributed by atoms with Crippen molar-refractivity contribution >= 4 is 11.6 Å². The van der Waals surface area contributed by atoms with Gasteiger partial charge in [-0.3, -0.25) is 4.79 Å². The van der Waals surface area contributed by atoms with Crippen molar-refractivity contribution in [3.63, 3.8) is 0 Å². The first-order valence-electron chi connectivity index (χ1n) is 8.34. The number of anilines is 1. The van der Waals surface area contributed by atoms with Gasteiger partial charge in [-0.1, -0.05) is 35.9 Å². The summed E-state index contributed by atoms with van der Waals surface area (Å²) >= 11 is 0. The van der Waals surface area contributed by atoms with Crippen LogP contribution in [0.15, 0.2) is 60.7 Å². The number of aryl methyl sites for hydroxylation is 2. The molecular formula is C22H19F2NO. The van der Waals surface area contributed by atoms with E-state index in [9.17, 15) is 13.6 Å². The van der Waals surface area contributed by atoms with E-state index in [2.05, 4.69) is 5.32 Å². The number of halogens is 2. The number of rotatable bonds is 4. The molecule has 0 aromatic heterocycles. The Morgan fingerprint density at radius 3 is 2.08 bits per heavy atom. The number of benzene rings is 3. The monoisotopic (exact) mass is 351 g/mol. The van der Waals surface area contributed by atoms with Crippen molar-refractivity contribution in [2.75, 3.05) is 5.32 Å². The van der Waals surface area contributed by atoms with E-state index in [1.54, 1.807) is 24.3 Å². The summed E-state index contributed by atoms with van der Waals surface area (Å²) in [5, 5.41) is 2.96. The number of amides is 1. The van der Waals surface area contributed by atoms with Crippen LogP contribution >= 0.6 is 0 Å². The Bertz CT molecular complexity index is 932. The van der Waals surface area contributed by atoms with Gasteiger partial charge in [0.1, 0.15) is 11.6 Å². The molecule has 0 radical (unpaired) electrons. The van der Waals surface area contributed by atoms with Gasteiger partial charge in [-0.2, -0.15) is 0 Å². The van der Waals surface area contributed by atoms with Crippen molar-refractivity contribution in [2.24, 2.45) is 0 Å². The molecule has 0 atom stereocenters. The average Bonchev–Trinajstić information content (AvgIpc) is 2.60. The summed E-state index contributed by atoms with van der Waals surface area (Å²) < 4.78 is 26.2. The number of hydrogen-bond acceptors (Lipinski definition) is 1. The van der Waals surface area contributed by atoms with Gasteiger partial charge in [-0.05, 0) is 60.9 Å². The maximum atomic E-state index is 13.2. The standard InChI is InChI=1S/C22H19F2NO/c1-14-11-15(2)22(20(12-14)17-5-9-19(24)10-6-17)25-21(26)13-16-3-7-18(23)8-4-16/h3-12H,13H2,1-2H3,(H,25,26). The highest BCUT2D eigenvalue weighted by Gasteiger charge is 2.13. The Balaban J connectivity index is 1.90. The lowest BCUT2D eigenvalue weighted by Crippen LogP contribution is -2.16. The van der Waals surface area contributed by atoms with Crippen LogP contribution in [-0.2, 0) is 11.2 Å². The molecule has 3 aromatic rings. The number of nitrogens with one attached hydrogen (secondary N) is 1. The lowest BCUT2D eigenvalue weighted by Gasteiger charge is -2.16. The third-order valence-electron chi connectivity index (χ3n) is 4.18. The van der Waals surface area contributed by atoms with E-state index in [0.717, 1.165) is 27.8 Å². The molecule has 0 aliphatic carbocycles. The molecule has 0 bridgehead atoms. The molecule has 3 rings (SSSR count). The fraction of sp³-hybridized carbons (Fsp3) is 0.136. The molecule has 0 heterocycles. The number of carbonyl (C=O) groups is 1. The largest absolute Gasteiger partial charge is 0.325 e. The van der Waals surface area contributed by atoms with Crippen LogP contribution in [0.4, 0.5) is 14.5 Å². The van der Waals surface area contributed by atoms with Crippen molar-refractivity contribution in [3.8, 4) is 11.1 Å². The van der Waals surface area contributed by atoms with Crippen molar-refractivity contribution in [1.29, 1.82) is 0 Å². The molecule has 0 spiro atoms. The summed E-state index contributed by atoms with van der Waals surface area (Å²) in [4.78, 5) is 12.5. The van der Waals surface area contributed by atoms with E-state index in [4.69, 9.17) is 0 Å². The molecule has 1 amide bonds. The number of hydrogen-bond donors (Lipinski definition) is 1. The van der Waals surface area contributed by atoms with E-state index in [0.29, 0.717) is 5.69 Å². The van der Waals surface area contributed by atoms with Crippen LogP contribution in [0, 0.1) is 25.5 Å². The summed E-state index contributed by atoms with van der Waals surface area (Å²) in [5.74, 6) is -0.825. The second-order valence-corrected chi connectivity index (χ2v) is 6.36. The molecule has 132 valence electrons. The van der Waals surface area contributed by atoms with Gasteiger partial charge in [-0.15, -0.1) is 0 Å². The normalized spacial score (nSPS) is 10.6. The summed E-state index contributed by atoms with van der Waals surface area (Å²) in [6.07, 6.45) is 0.149. The molecule has 1 N–H and O–H groups in total. The first-order chi connectivity index (χ1) is 12.4. The highest BCUT2D eigenvalue weighted by molar-refractivity contribution is 5.97. The minimum atomic E-state index is -0.331. The molecule has 26 heavy (non-hydrogen) atoms. The Kier molecular flexibility index (Phi) is 5.12. The molecule has 3 aromatic carbocycles. The van der Waals surface area contributed by atoms with Crippen LogP contribution < -0.4 is 5.32 Å². The second kappa shape index (κ2) is 7.48. The minimum Gasteiger partial charge on any atom is -0.325 e. The topological polar surface area (TPSA) is 29.1 Å². The number of carbonyl (C=O) groups excluding carboxylic acids is 1. The van der Waals surface area contributed by atoms with Crippen LogP contribution in [0.5, 0.6) is 0 Å². The lowest BCUT2D eigenvalue weighted by molar-refractivity contribution is -0.115. The molecule has 0 aliphatic rings. The van der Waals surface area contributed by atoms with Gasteiger partial charge in [0, 0.05) is 5.56 Å². The highest BCUT2D eigenvalue weighted by Crippen LogP contribution is 2.32. The van der Waals surface area contributed by atoms with Crippen molar-refractivity contribution < 1.29 is 13.6 Å². The van der Waals surface area contributed by atoms with Crippen molar-refractivity contribution in [3.05, 3.63) is 89.0 Å². The Hall–Kier alpha value is -3.01. The van der Waals surface area contributed by atoms with Gasteiger partial charge in [-0.25, -0.2) is 8.78 Å². The van der Waals surface area contributed by atoms with Crippen LogP contribution in [-0.4, -0.2) is 5.91 Å². The van der Waals surface area contributed by atoms with Crippen LogP contribution in [0.25, 0.3) is 11.1 Å². The maximum Gasteiger partial charge on any atom is 0.228 e. The maximum absolute atomic E-state index is 13.2. The van der Waals surface area contributed by atoms with E-state index in [1.165, 1.54) is 24.3 Å². The predicted octanol–water partition coefficient (Wildman–Crippen LogP) is 5.43. The van der Waals surface area contributed by atoms with Crippen molar-refractivity contribution in [1.82, 2.24) is 0 Å². The molecule has 0 aliphatic heterocycles. The van der Waals surface area contributed by atoms with Gasteiger partial charge in [0.25, 0.3) is 0 Å². The van der Waals surface area contributed by atoms with Gasteiger partial charge >= 0.3 is 0 Å². The zero-order valence-electron chi connectivity index (χ0n) is 14.6. The zero-order valence-corrected chi connectivity index (χ0v) is 14.6. The lowest BCUT2D eigenvalue weighted by atomic mass is 9.97. The summed E-state index contributed by atoms with van der Waals surface area (Å²) in [7, 11) is 0. The molecule has 0 fully saturated rings. The third-order valence-corrected chi connectivity index (χ3v) is 4.18. The summed E-state index contributed by atoms with van der Waals surface area (Å²) in [6.45, 7) is 3.90. The summed E-state index contributed by atoms with van der Waals surface area (Å²) in [6, 6.07) is 16.0. The van der Waals surface area contributed by atoms with E-state index in [1.807, 2.05) is 26.0 Å². The van der Waals surface area contributed by atoms with Gasteiger partial charge in [0.2, 0.25) is 5.91 Å². The van der Waals surface area contributed by atoms with Crippen LogP contribution in [0.3, 0.4) is 0 Å². The zero-order chi connectivity index (χ0) is 18.7. The SMILES string of the molecule is Cc1cc(C)c(NC(=O)Cc2ccc(F)cc2)c(-c2ccc(F)cc2)c1. The first kappa shape index (κ1) is 17.8. The quantitative estimate of drug-likeness (QED) is 0.667. The van der Waals surface area contributed by atoms with Crippen molar-refractivity contribution in [2.45, 2.75) is 20.3 Å². The Labute approximate surface area is 151 Å². The van der Waals surface area contributed by atoms with E-state index in [-0.39, 0.29) is 24.0 Å². The molecular weight excluding hydrogens is 332 g/mol. The van der Waals surface area contributed by atoms with Crippen LogP contribution in [0.2, 0.25) is 0 Å². The van der Waals surface area contributed by atoms with E-state index < -0.39 is 0 Å². The molecule has 2 nitrogen and oxygen atoms in total. The predicted molar refractivity (Wildman–Crippen MR) is 100 cm³/mol. The Morgan fingerprint density at radius 2 is 1.46 bits per heavy atom. The van der Waals surface area contributed by atoms with Gasteiger partial charge in [0.15, 0.2) is 0 Å². The molecule has 0 saturated carbocycles. The van der Waals surface area contributed by atoms with E-state index >= 15 is 0 Å². The Morgan fingerprint density at radius 1 is 0.885 bits per heavy atom. The molecule has 4 heteroatoms. The fourth-order valence-electron chi connectivity index (χ4n) is 2.96. The molecule has 0 saturated heterocycles. The smallest absolute Gasteiger partial charge is 0.228 e. The molecule has 0 unspecified atom stereocenters. The van der Waals surface area contributed by atoms with Gasteiger partial charge in [0.05, 0.1) is 12.1 Å². The minimum absolute atomic E-state index is 0.149. The van der Waals surface area contributed by atoms with Crippen LogP contribution in [0.1, 0.15) is 16.7 Å².